The van der Waals surface area contributed by atoms with Gasteiger partial charge in [-0.2, -0.15) is 5.10 Å². The largest absolute Gasteiger partial charge is 0.486 e. The second-order valence-electron chi connectivity index (χ2n) is 9.27. The Labute approximate surface area is 206 Å². The first-order valence-electron chi connectivity index (χ1n) is 12.0. The topological polar surface area (TPSA) is 69.3 Å². The molecule has 2 aromatic heterocycles. The first-order chi connectivity index (χ1) is 16.8. The van der Waals surface area contributed by atoms with Gasteiger partial charge < -0.3 is 14.5 Å². The number of hydrogen-bond acceptors (Lipinski definition) is 4. The Balaban J connectivity index is 1.34. The molecule has 6 nitrogen and oxygen atoms in total. The second-order valence-corrected chi connectivity index (χ2v) is 9.27. The number of amides is 1. The van der Waals surface area contributed by atoms with Crippen molar-refractivity contribution in [2.24, 2.45) is 0 Å². The van der Waals surface area contributed by atoms with Gasteiger partial charge in [0.1, 0.15) is 18.1 Å². The van der Waals surface area contributed by atoms with Crippen molar-refractivity contribution < 1.29 is 13.9 Å². The monoisotopic (exact) mass is 471 g/mol. The van der Waals surface area contributed by atoms with Crippen LogP contribution in [0.5, 0.6) is 5.75 Å². The van der Waals surface area contributed by atoms with E-state index in [0.717, 1.165) is 23.6 Å². The van der Waals surface area contributed by atoms with E-state index in [9.17, 15) is 4.79 Å². The van der Waals surface area contributed by atoms with Crippen LogP contribution in [0.15, 0.2) is 77.3 Å². The van der Waals surface area contributed by atoms with Gasteiger partial charge in [0.15, 0.2) is 5.76 Å². The van der Waals surface area contributed by atoms with E-state index in [1.54, 1.807) is 18.3 Å². The van der Waals surface area contributed by atoms with Crippen molar-refractivity contribution in [3.63, 3.8) is 0 Å². The number of rotatable bonds is 9. The molecule has 1 unspecified atom stereocenters. The zero-order valence-corrected chi connectivity index (χ0v) is 21.0. The van der Waals surface area contributed by atoms with Crippen molar-refractivity contribution in [3.8, 4) is 5.75 Å². The quantitative estimate of drug-likeness (QED) is 0.316. The molecule has 0 bridgehead atoms. The first-order valence-corrected chi connectivity index (χ1v) is 12.0. The summed E-state index contributed by atoms with van der Waals surface area (Å²) in [6.07, 6.45) is 1.80. The highest BCUT2D eigenvalue weighted by molar-refractivity contribution is 5.91. The summed E-state index contributed by atoms with van der Waals surface area (Å²) in [4.78, 5) is 12.7. The minimum atomic E-state index is -0.264. The van der Waals surface area contributed by atoms with E-state index < -0.39 is 0 Å². The number of nitrogens with zero attached hydrogens (tertiary/aromatic N) is 2. The number of carbonyl (C=O) groups is 1. The summed E-state index contributed by atoms with van der Waals surface area (Å²) in [7, 11) is 0. The molecule has 35 heavy (non-hydrogen) atoms. The second kappa shape index (κ2) is 10.2. The number of aryl methyl sites for hydroxylation is 1. The van der Waals surface area contributed by atoms with Gasteiger partial charge in [0.05, 0.1) is 12.2 Å². The molecule has 0 saturated carbocycles. The minimum Gasteiger partial charge on any atom is -0.486 e. The van der Waals surface area contributed by atoms with Crippen molar-refractivity contribution in [3.05, 3.63) is 107 Å². The molecule has 4 rings (SSSR count). The summed E-state index contributed by atoms with van der Waals surface area (Å²) in [5, 5.41) is 7.34. The average molecular weight is 472 g/mol. The van der Waals surface area contributed by atoms with Gasteiger partial charge in [-0.3, -0.25) is 9.48 Å². The lowest BCUT2D eigenvalue weighted by Crippen LogP contribution is -2.26. The summed E-state index contributed by atoms with van der Waals surface area (Å²) in [5.41, 5.74) is 4.41. The van der Waals surface area contributed by atoms with Crippen LogP contribution in [0.2, 0.25) is 0 Å². The van der Waals surface area contributed by atoms with Crippen molar-refractivity contribution in [1.29, 1.82) is 0 Å². The lowest BCUT2D eigenvalue weighted by atomic mass is 9.78. The Morgan fingerprint density at radius 2 is 1.74 bits per heavy atom. The third-order valence-corrected chi connectivity index (χ3v) is 6.59. The fourth-order valence-electron chi connectivity index (χ4n) is 4.27. The van der Waals surface area contributed by atoms with E-state index in [4.69, 9.17) is 9.15 Å². The highest BCUT2D eigenvalue weighted by Gasteiger charge is 2.23. The maximum absolute atomic E-state index is 12.7. The van der Waals surface area contributed by atoms with Crippen molar-refractivity contribution >= 4 is 5.91 Å². The molecule has 2 heterocycles. The number of furan rings is 1. The zero-order chi connectivity index (χ0) is 25.0. The Morgan fingerprint density at radius 3 is 2.40 bits per heavy atom. The number of benzene rings is 2. The first kappa shape index (κ1) is 24.3. The fraction of sp³-hybridized carbons (Fsp3) is 0.310. The smallest absolute Gasteiger partial charge is 0.287 e. The third kappa shape index (κ3) is 5.32. The highest BCUT2D eigenvalue weighted by atomic mass is 16.5. The van der Waals surface area contributed by atoms with Gasteiger partial charge in [0.2, 0.25) is 0 Å². The molecule has 6 heteroatoms. The Morgan fingerprint density at radius 1 is 1.06 bits per heavy atom. The average Bonchev–Trinajstić information content (AvgIpc) is 3.50. The van der Waals surface area contributed by atoms with Gasteiger partial charge in [-0.25, -0.2) is 0 Å². The summed E-state index contributed by atoms with van der Waals surface area (Å²) >= 11 is 0. The van der Waals surface area contributed by atoms with Crippen molar-refractivity contribution in [1.82, 2.24) is 15.1 Å². The Bertz CT molecular complexity index is 1270. The van der Waals surface area contributed by atoms with E-state index in [1.165, 1.54) is 11.1 Å². The maximum Gasteiger partial charge on any atom is 0.287 e. The zero-order valence-electron chi connectivity index (χ0n) is 21.0. The summed E-state index contributed by atoms with van der Waals surface area (Å²) in [6.45, 7) is 11.5. The van der Waals surface area contributed by atoms with E-state index in [0.29, 0.717) is 5.76 Å². The number of carbonyl (C=O) groups excluding carboxylic acids is 1. The molecule has 0 aliphatic heterocycles. The van der Waals surface area contributed by atoms with Gasteiger partial charge in [0, 0.05) is 23.2 Å². The maximum atomic E-state index is 12.7. The van der Waals surface area contributed by atoms with Crippen molar-refractivity contribution in [2.45, 2.75) is 59.2 Å². The molecule has 0 aliphatic rings. The summed E-state index contributed by atoms with van der Waals surface area (Å²) in [6, 6.07) is 21.8. The molecule has 1 N–H and O–H groups in total. The number of hydrogen-bond donors (Lipinski definition) is 1. The highest BCUT2D eigenvalue weighted by Crippen LogP contribution is 2.32. The molecule has 0 radical (unpaired) electrons. The van der Waals surface area contributed by atoms with Gasteiger partial charge >= 0.3 is 0 Å². The van der Waals surface area contributed by atoms with Gasteiger partial charge in [-0.1, -0.05) is 56.3 Å². The minimum absolute atomic E-state index is 0.103. The Hall–Kier alpha value is -3.80. The van der Waals surface area contributed by atoms with E-state index in [1.807, 2.05) is 43.7 Å². The molecule has 1 atom stereocenters. The van der Waals surface area contributed by atoms with Crippen LogP contribution in [-0.4, -0.2) is 15.7 Å². The van der Waals surface area contributed by atoms with Crippen LogP contribution in [0.4, 0.5) is 0 Å². The molecule has 0 fully saturated rings. The van der Waals surface area contributed by atoms with Crippen LogP contribution < -0.4 is 10.1 Å². The van der Waals surface area contributed by atoms with Crippen LogP contribution in [0.1, 0.15) is 72.4 Å². The van der Waals surface area contributed by atoms with Gasteiger partial charge in [0.25, 0.3) is 5.91 Å². The molecule has 0 spiro atoms. The molecule has 4 aromatic rings. The molecule has 2 aromatic carbocycles. The third-order valence-electron chi connectivity index (χ3n) is 6.59. The van der Waals surface area contributed by atoms with Crippen molar-refractivity contribution in [2.75, 3.05) is 0 Å². The lowest BCUT2D eigenvalue weighted by molar-refractivity contribution is 0.0907. The van der Waals surface area contributed by atoms with Crippen LogP contribution in [0.25, 0.3) is 0 Å². The van der Waals surface area contributed by atoms with Crippen LogP contribution in [0, 0.1) is 6.92 Å². The predicted molar refractivity (Wildman–Crippen MR) is 137 cm³/mol. The van der Waals surface area contributed by atoms with Crippen LogP contribution in [-0.2, 0) is 18.6 Å². The molecule has 182 valence electrons. The standard InChI is InChI=1S/C29H33N3O3/c1-6-32-21(3)26(18-30-32)20(2)31-28(33)27-17-16-25(35-27)19-34-24-14-12-23(13-15-24)29(4,5)22-10-8-7-9-11-22/h7-18,20H,6,19H2,1-5H3,(H,31,33). The number of nitrogens with one attached hydrogen (secondary N) is 1. The fourth-order valence-corrected chi connectivity index (χ4v) is 4.27. The van der Waals surface area contributed by atoms with Gasteiger partial charge in [-0.05, 0) is 56.2 Å². The number of ether oxygens (including phenoxy) is 1. The Kier molecular flexibility index (Phi) is 7.10. The van der Waals surface area contributed by atoms with Gasteiger partial charge in [-0.15, -0.1) is 0 Å². The summed E-state index contributed by atoms with van der Waals surface area (Å²) < 4.78 is 13.6. The number of aromatic nitrogens is 2. The van der Waals surface area contributed by atoms with Crippen LogP contribution >= 0.6 is 0 Å². The SMILES string of the molecule is CCn1ncc(C(C)NC(=O)c2ccc(COc3ccc(C(C)(C)c4ccccc4)cc3)o2)c1C. The van der Waals surface area contributed by atoms with E-state index >= 15 is 0 Å². The molecule has 1 amide bonds. The van der Waals surface area contributed by atoms with E-state index in [-0.39, 0.29) is 29.7 Å². The van der Waals surface area contributed by atoms with E-state index in [2.05, 4.69) is 60.7 Å². The lowest BCUT2D eigenvalue weighted by Gasteiger charge is -2.26. The normalized spacial score (nSPS) is 12.4. The molecule has 0 saturated heterocycles. The summed E-state index contributed by atoms with van der Waals surface area (Å²) in [5.74, 6) is 1.33. The molecular formula is C29H33N3O3. The molecule has 0 aliphatic carbocycles. The van der Waals surface area contributed by atoms with Crippen LogP contribution in [0.3, 0.4) is 0 Å². The molecular weight excluding hydrogens is 438 g/mol. The predicted octanol–water partition coefficient (Wildman–Crippen LogP) is 6.20.